The van der Waals surface area contributed by atoms with Gasteiger partial charge in [-0.25, -0.2) is 4.79 Å². The molecule has 0 bridgehead atoms. The molecule has 1 aromatic carbocycles. The molecule has 1 aliphatic rings. The molecule has 92 valence electrons. The second-order valence-electron chi connectivity index (χ2n) is 4.01. The summed E-state index contributed by atoms with van der Waals surface area (Å²) in [5.74, 6) is 1.00. The first-order valence-electron chi connectivity index (χ1n) is 5.74. The zero-order valence-corrected chi connectivity index (χ0v) is 9.66. The number of rotatable bonds is 5. The lowest BCUT2D eigenvalue weighted by molar-refractivity contribution is 0.249. The number of amides is 2. The predicted molar refractivity (Wildman–Crippen MR) is 64.9 cm³/mol. The molecule has 0 unspecified atom stereocenters. The smallest absolute Gasteiger partial charge is 0.312 e. The number of primary amides is 1. The highest BCUT2D eigenvalue weighted by Crippen LogP contribution is 2.25. The van der Waals surface area contributed by atoms with E-state index in [4.69, 9.17) is 10.5 Å². The van der Waals surface area contributed by atoms with Gasteiger partial charge in [-0.1, -0.05) is 12.1 Å². The van der Waals surface area contributed by atoms with Crippen molar-refractivity contribution in [3.05, 3.63) is 29.3 Å². The molecular formula is C12H17N3O2. The quantitative estimate of drug-likeness (QED) is 0.646. The van der Waals surface area contributed by atoms with E-state index in [1.807, 2.05) is 6.07 Å². The van der Waals surface area contributed by atoms with Gasteiger partial charge in [0.05, 0.1) is 6.61 Å². The minimum atomic E-state index is -0.485. The Morgan fingerprint density at radius 1 is 1.41 bits per heavy atom. The Hall–Kier alpha value is -1.75. The molecule has 0 atom stereocenters. The molecule has 1 heterocycles. The topological polar surface area (TPSA) is 76.4 Å². The molecule has 0 saturated heterocycles. The van der Waals surface area contributed by atoms with E-state index in [0.717, 1.165) is 25.3 Å². The summed E-state index contributed by atoms with van der Waals surface area (Å²) in [6, 6.07) is 5.75. The Morgan fingerprint density at radius 3 is 3.12 bits per heavy atom. The number of nitrogens with two attached hydrogens (primary N) is 1. The molecule has 0 radical (unpaired) electrons. The van der Waals surface area contributed by atoms with E-state index in [0.29, 0.717) is 13.1 Å². The highest BCUT2D eigenvalue weighted by Gasteiger charge is 2.11. The van der Waals surface area contributed by atoms with Crippen LogP contribution in [0.4, 0.5) is 4.79 Å². The minimum Gasteiger partial charge on any atom is -0.493 e. The van der Waals surface area contributed by atoms with Crippen LogP contribution in [0.15, 0.2) is 18.2 Å². The number of carbonyl (C=O) groups excluding carboxylic acids is 1. The molecule has 2 amide bonds. The second-order valence-corrected chi connectivity index (χ2v) is 4.01. The summed E-state index contributed by atoms with van der Waals surface area (Å²) in [6.45, 7) is 2.82. The van der Waals surface area contributed by atoms with Crippen molar-refractivity contribution in [1.82, 2.24) is 10.6 Å². The molecule has 0 spiro atoms. The van der Waals surface area contributed by atoms with E-state index < -0.39 is 6.03 Å². The van der Waals surface area contributed by atoms with Crippen LogP contribution in [-0.4, -0.2) is 25.7 Å². The number of benzene rings is 1. The average Bonchev–Trinajstić information content (AvgIpc) is 2.75. The third kappa shape index (κ3) is 3.35. The molecule has 1 aromatic rings. The largest absolute Gasteiger partial charge is 0.493 e. The van der Waals surface area contributed by atoms with Crippen LogP contribution in [0, 0.1) is 0 Å². The van der Waals surface area contributed by atoms with Crippen molar-refractivity contribution in [2.75, 3.05) is 19.7 Å². The normalized spacial score (nSPS) is 12.9. The molecule has 5 nitrogen and oxygen atoms in total. The summed E-state index contributed by atoms with van der Waals surface area (Å²) in [5, 5.41) is 5.77. The van der Waals surface area contributed by atoms with Crippen LogP contribution in [0.25, 0.3) is 0 Å². The van der Waals surface area contributed by atoms with Gasteiger partial charge in [0.1, 0.15) is 5.75 Å². The molecule has 0 fully saturated rings. The SMILES string of the molecule is NC(=O)NCCNCc1ccc2c(c1)CCO2. The summed E-state index contributed by atoms with van der Waals surface area (Å²) < 4.78 is 5.44. The lowest BCUT2D eigenvalue weighted by Crippen LogP contribution is -2.35. The Balaban J connectivity index is 1.74. The van der Waals surface area contributed by atoms with Crippen LogP contribution in [0.3, 0.4) is 0 Å². The van der Waals surface area contributed by atoms with E-state index in [9.17, 15) is 4.79 Å². The number of carbonyl (C=O) groups is 1. The van der Waals surface area contributed by atoms with Crippen LogP contribution in [0.1, 0.15) is 11.1 Å². The van der Waals surface area contributed by atoms with E-state index in [-0.39, 0.29) is 0 Å². The monoisotopic (exact) mass is 235 g/mol. The van der Waals surface area contributed by atoms with Crippen molar-refractivity contribution >= 4 is 6.03 Å². The Kier molecular flexibility index (Phi) is 3.82. The van der Waals surface area contributed by atoms with Crippen molar-refractivity contribution < 1.29 is 9.53 Å². The Bertz CT molecular complexity index is 407. The molecule has 0 saturated carbocycles. The van der Waals surface area contributed by atoms with Crippen LogP contribution in [-0.2, 0) is 13.0 Å². The zero-order valence-electron chi connectivity index (χ0n) is 9.66. The number of nitrogens with one attached hydrogen (secondary N) is 2. The fourth-order valence-corrected chi connectivity index (χ4v) is 1.86. The van der Waals surface area contributed by atoms with Gasteiger partial charge in [-0.15, -0.1) is 0 Å². The fraction of sp³-hybridized carbons (Fsp3) is 0.417. The summed E-state index contributed by atoms with van der Waals surface area (Å²) in [5.41, 5.74) is 7.46. The summed E-state index contributed by atoms with van der Waals surface area (Å²) in [7, 11) is 0. The molecule has 5 heteroatoms. The lowest BCUT2D eigenvalue weighted by Gasteiger charge is -2.06. The molecule has 0 aliphatic carbocycles. The first kappa shape index (κ1) is 11.7. The summed E-state index contributed by atoms with van der Waals surface area (Å²) in [4.78, 5) is 10.4. The summed E-state index contributed by atoms with van der Waals surface area (Å²) >= 11 is 0. The number of urea groups is 1. The zero-order chi connectivity index (χ0) is 12.1. The third-order valence-corrected chi connectivity index (χ3v) is 2.68. The molecule has 1 aliphatic heterocycles. The maximum atomic E-state index is 10.4. The maximum absolute atomic E-state index is 10.4. The Morgan fingerprint density at radius 2 is 2.29 bits per heavy atom. The third-order valence-electron chi connectivity index (χ3n) is 2.68. The van der Waals surface area contributed by atoms with E-state index >= 15 is 0 Å². The highest BCUT2D eigenvalue weighted by atomic mass is 16.5. The van der Waals surface area contributed by atoms with Gasteiger partial charge in [0.15, 0.2) is 0 Å². The van der Waals surface area contributed by atoms with Gasteiger partial charge in [0.2, 0.25) is 0 Å². The average molecular weight is 235 g/mol. The minimum absolute atomic E-state index is 0.485. The molecular weight excluding hydrogens is 218 g/mol. The second kappa shape index (κ2) is 5.54. The van der Waals surface area contributed by atoms with Crippen LogP contribution >= 0.6 is 0 Å². The van der Waals surface area contributed by atoms with Crippen molar-refractivity contribution in [3.8, 4) is 5.75 Å². The molecule has 17 heavy (non-hydrogen) atoms. The Labute approximate surface area is 100 Å². The summed E-state index contributed by atoms with van der Waals surface area (Å²) in [6.07, 6.45) is 0.992. The van der Waals surface area contributed by atoms with Gasteiger partial charge in [0, 0.05) is 26.1 Å². The van der Waals surface area contributed by atoms with E-state index in [2.05, 4.69) is 22.8 Å². The molecule has 0 aromatic heterocycles. The molecule has 2 rings (SSSR count). The standard InChI is InChI=1S/C12H17N3O2/c13-12(16)15-5-4-14-8-9-1-2-11-10(7-9)3-6-17-11/h1-2,7,14H,3-6,8H2,(H3,13,15,16). The van der Waals surface area contributed by atoms with Crippen molar-refractivity contribution in [2.45, 2.75) is 13.0 Å². The van der Waals surface area contributed by atoms with Crippen LogP contribution in [0.5, 0.6) is 5.75 Å². The lowest BCUT2D eigenvalue weighted by atomic mass is 10.1. The van der Waals surface area contributed by atoms with E-state index in [1.54, 1.807) is 0 Å². The van der Waals surface area contributed by atoms with Crippen LogP contribution in [0.2, 0.25) is 0 Å². The number of fused-ring (bicyclic) bond motifs is 1. The van der Waals surface area contributed by atoms with Gasteiger partial charge >= 0.3 is 6.03 Å². The number of hydrogen-bond acceptors (Lipinski definition) is 3. The van der Waals surface area contributed by atoms with Gasteiger partial charge in [-0.05, 0) is 17.2 Å². The molecule has 4 N–H and O–H groups in total. The fourth-order valence-electron chi connectivity index (χ4n) is 1.86. The van der Waals surface area contributed by atoms with Crippen molar-refractivity contribution in [3.63, 3.8) is 0 Å². The van der Waals surface area contributed by atoms with Gasteiger partial charge < -0.3 is 21.1 Å². The maximum Gasteiger partial charge on any atom is 0.312 e. The number of ether oxygens (including phenoxy) is 1. The van der Waals surface area contributed by atoms with Gasteiger partial charge in [0.25, 0.3) is 0 Å². The first-order valence-corrected chi connectivity index (χ1v) is 5.74. The first-order chi connectivity index (χ1) is 8.25. The van der Waals surface area contributed by atoms with Crippen LogP contribution < -0.4 is 21.1 Å². The predicted octanol–water partition coefficient (Wildman–Crippen LogP) is 0.379. The number of hydrogen-bond donors (Lipinski definition) is 3. The van der Waals surface area contributed by atoms with Gasteiger partial charge in [-0.3, -0.25) is 0 Å². The van der Waals surface area contributed by atoms with Crippen molar-refractivity contribution in [1.29, 1.82) is 0 Å². The van der Waals surface area contributed by atoms with Gasteiger partial charge in [-0.2, -0.15) is 0 Å². The van der Waals surface area contributed by atoms with E-state index in [1.165, 1.54) is 11.1 Å². The highest BCUT2D eigenvalue weighted by molar-refractivity contribution is 5.71. The van der Waals surface area contributed by atoms with Crippen molar-refractivity contribution in [2.24, 2.45) is 5.73 Å².